The number of aryl methyl sites for hydroxylation is 1. The van der Waals surface area contributed by atoms with Crippen molar-refractivity contribution in [1.29, 1.82) is 0 Å². The van der Waals surface area contributed by atoms with Gasteiger partial charge in [-0.25, -0.2) is 32.9 Å². The van der Waals surface area contributed by atoms with E-state index in [-0.39, 0.29) is 22.8 Å². The van der Waals surface area contributed by atoms with E-state index in [0.717, 1.165) is 0 Å². The number of carbonyl (C=O) groups is 1. The Balaban J connectivity index is 1.66. The van der Waals surface area contributed by atoms with Crippen LogP contribution in [0.3, 0.4) is 0 Å². The van der Waals surface area contributed by atoms with E-state index in [2.05, 4.69) is 19.7 Å². The summed E-state index contributed by atoms with van der Waals surface area (Å²) in [5, 5.41) is 0. The molecule has 2 aromatic heterocycles. The maximum absolute atomic E-state index is 12.8. The van der Waals surface area contributed by atoms with Crippen molar-refractivity contribution in [1.82, 2.24) is 24.2 Å². The number of benzene rings is 1. The molecule has 2 heterocycles. The number of imidazole rings is 1. The maximum atomic E-state index is 12.8. The molecule has 0 unspecified atom stereocenters. The lowest BCUT2D eigenvalue weighted by atomic mass is 10.1. The molecule has 0 fully saturated rings. The van der Waals surface area contributed by atoms with Gasteiger partial charge in [-0.15, -0.1) is 0 Å². The molecule has 3 N–H and O–H groups in total. The number of ether oxygens (including phenoxy) is 2. The van der Waals surface area contributed by atoms with Gasteiger partial charge in [0.25, 0.3) is 0 Å². The van der Waals surface area contributed by atoms with Gasteiger partial charge in [0, 0.05) is 12.1 Å². The van der Waals surface area contributed by atoms with Crippen LogP contribution in [0.5, 0.6) is 5.75 Å². The standard InChI is InChI=1S/C20H26N6O5S/c1-20(2,3)25-32(28,29)15-10-13(6-7-14(15)30-4)19(27)31-9-5-8-26-12-24-16-17(21)22-11-23-18(16)26/h6-7,10-12,25H,5,8-9H2,1-4H3,(H2,21,22,23). The number of nitrogens with one attached hydrogen (secondary N) is 1. The molecular weight excluding hydrogens is 436 g/mol. The minimum atomic E-state index is -3.91. The van der Waals surface area contributed by atoms with E-state index < -0.39 is 21.5 Å². The zero-order chi connectivity index (χ0) is 23.5. The van der Waals surface area contributed by atoms with Crippen LogP contribution in [0.1, 0.15) is 37.6 Å². The fourth-order valence-corrected chi connectivity index (χ4v) is 4.63. The molecule has 0 amide bonds. The van der Waals surface area contributed by atoms with E-state index in [1.165, 1.54) is 31.6 Å². The lowest BCUT2D eigenvalue weighted by Gasteiger charge is -2.21. The van der Waals surface area contributed by atoms with Crippen LogP contribution in [0, 0.1) is 0 Å². The molecule has 0 spiro atoms. The van der Waals surface area contributed by atoms with Crippen LogP contribution in [-0.4, -0.2) is 53.2 Å². The summed E-state index contributed by atoms with van der Waals surface area (Å²) < 4.78 is 40.3. The Morgan fingerprint density at radius 3 is 2.66 bits per heavy atom. The molecule has 0 radical (unpaired) electrons. The van der Waals surface area contributed by atoms with Crippen LogP contribution in [0.15, 0.2) is 35.7 Å². The number of nitrogens with zero attached hydrogens (tertiary/aromatic N) is 4. The first-order valence-corrected chi connectivity index (χ1v) is 11.3. The number of hydrogen-bond donors (Lipinski definition) is 2. The summed E-state index contributed by atoms with van der Waals surface area (Å²) >= 11 is 0. The first-order chi connectivity index (χ1) is 15.0. The van der Waals surface area contributed by atoms with Crippen molar-refractivity contribution in [3.8, 4) is 5.75 Å². The van der Waals surface area contributed by atoms with Crippen molar-refractivity contribution in [2.75, 3.05) is 19.5 Å². The predicted octanol–water partition coefficient (Wildman–Crippen LogP) is 1.74. The number of nitrogen functional groups attached to an aromatic ring is 1. The third-order valence-electron chi connectivity index (χ3n) is 4.34. The highest BCUT2D eigenvalue weighted by Gasteiger charge is 2.26. The summed E-state index contributed by atoms with van der Waals surface area (Å²) in [6.45, 7) is 5.78. The SMILES string of the molecule is COc1ccc(C(=O)OCCCn2cnc3c(N)ncnc32)cc1S(=O)(=O)NC(C)(C)C. The van der Waals surface area contributed by atoms with Gasteiger partial charge in [0.1, 0.15) is 22.5 Å². The zero-order valence-corrected chi connectivity index (χ0v) is 19.1. The highest BCUT2D eigenvalue weighted by Crippen LogP contribution is 2.26. The Labute approximate surface area is 186 Å². The molecule has 32 heavy (non-hydrogen) atoms. The summed E-state index contributed by atoms with van der Waals surface area (Å²) in [6.07, 6.45) is 3.45. The van der Waals surface area contributed by atoms with Crippen molar-refractivity contribution in [2.24, 2.45) is 0 Å². The second kappa shape index (κ2) is 9.09. The van der Waals surface area contributed by atoms with Crippen molar-refractivity contribution < 1.29 is 22.7 Å². The molecule has 0 saturated heterocycles. The number of hydrogen-bond acceptors (Lipinski definition) is 9. The largest absolute Gasteiger partial charge is 0.495 e. The van der Waals surface area contributed by atoms with E-state index in [4.69, 9.17) is 15.2 Å². The Hall–Kier alpha value is -3.25. The average Bonchev–Trinajstić information content (AvgIpc) is 3.13. The molecule has 12 heteroatoms. The van der Waals surface area contributed by atoms with Crippen molar-refractivity contribution >= 4 is 33.0 Å². The van der Waals surface area contributed by atoms with E-state index >= 15 is 0 Å². The van der Waals surface area contributed by atoms with Crippen molar-refractivity contribution in [3.05, 3.63) is 36.4 Å². The summed E-state index contributed by atoms with van der Waals surface area (Å²) in [7, 11) is -2.55. The number of sulfonamides is 1. The molecule has 3 aromatic rings. The Morgan fingerprint density at radius 1 is 1.22 bits per heavy atom. The highest BCUT2D eigenvalue weighted by atomic mass is 32.2. The average molecular weight is 463 g/mol. The van der Waals surface area contributed by atoms with Crippen LogP contribution in [0.4, 0.5) is 5.82 Å². The number of methoxy groups -OCH3 is 1. The Morgan fingerprint density at radius 2 is 1.97 bits per heavy atom. The van der Waals surface area contributed by atoms with Gasteiger partial charge >= 0.3 is 5.97 Å². The first kappa shape index (κ1) is 23.4. The zero-order valence-electron chi connectivity index (χ0n) is 18.3. The summed E-state index contributed by atoms with van der Waals surface area (Å²) in [6, 6.07) is 4.13. The van der Waals surface area contributed by atoms with Crippen molar-refractivity contribution in [2.45, 2.75) is 44.2 Å². The topological polar surface area (TPSA) is 151 Å². The third-order valence-corrected chi connectivity index (χ3v) is 6.11. The molecule has 0 aliphatic heterocycles. The molecule has 11 nitrogen and oxygen atoms in total. The van der Waals surface area contributed by atoms with Crippen LogP contribution >= 0.6 is 0 Å². The minimum absolute atomic E-state index is 0.105. The number of aromatic nitrogens is 4. The Kier molecular flexibility index (Phi) is 6.65. The maximum Gasteiger partial charge on any atom is 0.338 e. The van der Waals surface area contributed by atoms with Crippen LogP contribution in [0.2, 0.25) is 0 Å². The van der Waals surface area contributed by atoms with E-state index in [1.807, 2.05) is 0 Å². The molecule has 172 valence electrons. The molecule has 0 aliphatic carbocycles. The number of fused-ring (bicyclic) bond motifs is 1. The second-order valence-electron chi connectivity index (χ2n) is 8.08. The third kappa shape index (κ3) is 5.32. The summed E-state index contributed by atoms with van der Waals surface area (Å²) in [5.74, 6) is -0.208. The molecule has 0 aliphatic rings. The number of carbonyl (C=O) groups excluding carboxylic acids is 1. The van der Waals surface area contributed by atoms with Crippen LogP contribution < -0.4 is 15.2 Å². The highest BCUT2D eigenvalue weighted by molar-refractivity contribution is 7.89. The van der Waals surface area contributed by atoms with Crippen molar-refractivity contribution in [3.63, 3.8) is 0 Å². The fraction of sp³-hybridized carbons (Fsp3) is 0.400. The van der Waals surface area contributed by atoms with E-state index in [0.29, 0.717) is 29.9 Å². The predicted molar refractivity (Wildman–Crippen MR) is 118 cm³/mol. The summed E-state index contributed by atoms with van der Waals surface area (Å²) in [4.78, 5) is 24.6. The van der Waals surface area contributed by atoms with Gasteiger partial charge in [0.15, 0.2) is 11.5 Å². The molecular formula is C20H26N6O5S. The fourth-order valence-electron chi connectivity index (χ4n) is 3.02. The van der Waals surface area contributed by atoms with Crippen LogP contribution in [-0.2, 0) is 21.3 Å². The smallest absolute Gasteiger partial charge is 0.338 e. The molecule has 0 atom stereocenters. The van der Waals surface area contributed by atoms with Gasteiger partial charge in [0.2, 0.25) is 10.0 Å². The lowest BCUT2D eigenvalue weighted by molar-refractivity contribution is 0.0496. The quantitative estimate of drug-likeness (QED) is 0.377. The molecule has 3 rings (SSSR count). The number of rotatable bonds is 8. The van der Waals surface area contributed by atoms with E-state index in [9.17, 15) is 13.2 Å². The lowest BCUT2D eigenvalue weighted by Crippen LogP contribution is -2.40. The van der Waals surface area contributed by atoms with Gasteiger partial charge in [0.05, 0.1) is 25.6 Å². The van der Waals surface area contributed by atoms with Gasteiger partial charge in [-0.3, -0.25) is 0 Å². The molecule has 0 bridgehead atoms. The van der Waals surface area contributed by atoms with E-state index in [1.54, 1.807) is 31.7 Å². The second-order valence-corrected chi connectivity index (χ2v) is 9.73. The normalized spacial score (nSPS) is 12.1. The molecule has 1 aromatic carbocycles. The number of anilines is 1. The van der Waals surface area contributed by atoms with Gasteiger partial charge < -0.3 is 19.8 Å². The monoisotopic (exact) mass is 462 g/mol. The first-order valence-electron chi connectivity index (χ1n) is 9.82. The number of esters is 1. The Bertz CT molecular complexity index is 1230. The minimum Gasteiger partial charge on any atom is -0.495 e. The summed E-state index contributed by atoms with van der Waals surface area (Å²) in [5.41, 5.74) is 6.29. The van der Waals surface area contributed by atoms with Gasteiger partial charge in [-0.05, 0) is 45.4 Å². The van der Waals surface area contributed by atoms with Gasteiger partial charge in [-0.1, -0.05) is 0 Å². The van der Waals surface area contributed by atoms with Gasteiger partial charge in [-0.2, -0.15) is 0 Å². The molecule has 0 saturated carbocycles. The number of nitrogens with two attached hydrogens (primary N) is 1. The van der Waals surface area contributed by atoms with Crippen LogP contribution in [0.25, 0.3) is 11.2 Å².